The minimum atomic E-state index is -1.29. The van der Waals surface area contributed by atoms with Crippen LogP contribution in [-0.4, -0.2) is 23.0 Å². The van der Waals surface area contributed by atoms with E-state index in [4.69, 9.17) is 0 Å². The maximum absolute atomic E-state index is 13.2. The largest absolute Gasteiger partial charge is 0.478 e. The van der Waals surface area contributed by atoms with Crippen LogP contribution in [0.1, 0.15) is 10.4 Å². The van der Waals surface area contributed by atoms with E-state index >= 15 is 0 Å². The molecule has 0 aliphatic rings. The summed E-state index contributed by atoms with van der Waals surface area (Å²) >= 11 is 0. The molecule has 0 spiro atoms. The molecule has 0 aromatic heterocycles. The number of rotatable bonds is 4. The van der Waals surface area contributed by atoms with Crippen LogP contribution in [0.25, 0.3) is 0 Å². The van der Waals surface area contributed by atoms with Gasteiger partial charge in [-0.15, -0.1) is 0 Å². The number of non-ortho nitro benzene ring substituents is 1. The average molecular weight is 290 g/mol. The Morgan fingerprint density at radius 1 is 1.29 bits per heavy atom. The second kappa shape index (κ2) is 5.58. The predicted molar refractivity (Wildman–Crippen MR) is 74.5 cm³/mol. The molecule has 0 aliphatic carbocycles. The first-order valence-electron chi connectivity index (χ1n) is 5.91. The quantitative estimate of drug-likeness (QED) is 0.690. The molecule has 0 bridgehead atoms. The van der Waals surface area contributed by atoms with Crippen molar-refractivity contribution in [2.75, 3.05) is 11.9 Å². The van der Waals surface area contributed by atoms with Gasteiger partial charge in [0.1, 0.15) is 5.82 Å². The molecule has 2 rings (SSSR count). The summed E-state index contributed by atoms with van der Waals surface area (Å²) in [6.45, 7) is 0. The van der Waals surface area contributed by atoms with Crippen LogP contribution in [0.5, 0.6) is 0 Å². The van der Waals surface area contributed by atoms with Gasteiger partial charge < -0.3 is 10.0 Å². The number of aromatic carboxylic acids is 1. The Hall–Kier alpha value is -2.96. The van der Waals surface area contributed by atoms with Crippen molar-refractivity contribution in [3.8, 4) is 0 Å². The van der Waals surface area contributed by atoms with Gasteiger partial charge in [-0.3, -0.25) is 10.1 Å². The molecular weight excluding hydrogens is 279 g/mol. The second-order valence-corrected chi connectivity index (χ2v) is 4.30. The topological polar surface area (TPSA) is 83.7 Å². The summed E-state index contributed by atoms with van der Waals surface area (Å²) in [5.74, 6) is -1.75. The maximum Gasteiger partial charge on any atom is 0.338 e. The van der Waals surface area contributed by atoms with Gasteiger partial charge in [-0.1, -0.05) is 6.07 Å². The van der Waals surface area contributed by atoms with Crippen molar-refractivity contribution >= 4 is 23.0 Å². The van der Waals surface area contributed by atoms with E-state index in [1.54, 1.807) is 13.1 Å². The first-order chi connectivity index (χ1) is 9.90. The Morgan fingerprint density at radius 3 is 2.57 bits per heavy atom. The fraction of sp³-hybridized carbons (Fsp3) is 0.0714. The highest BCUT2D eigenvalue weighted by atomic mass is 19.1. The number of carboxylic acids is 1. The molecular formula is C14H11FN2O4. The summed E-state index contributed by atoms with van der Waals surface area (Å²) in [4.78, 5) is 22.8. The molecule has 0 saturated heterocycles. The number of benzene rings is 2. The molecule has 1 N–H and O–H groups in total. The summed E-state index contributed by atoms with van der Waals surface area (Å²) in [6.07, 6.45) is 0. The van der Waals surface area contributed by atoms with E-state index in [9.17, 15) is 24.4 Å². The van der Waals surface area contributed by atoms with Crippen molar-refractivity contribution in [3.63, 3.8) is 0 Å². The highest BCUT2D eigenvalue weighted by Crippen LogP contribution is 2.30. The van der Waals surface area contributed by atoms with Crippen LogP contribution >= 0.6 is 0 Å². The van der Waals surface area contributed by atoms with Crippen molar-refractivity contribution in [3.05, 3.63) is 64.0 Å². The van der Waals surface area contributed by atoms with Gasteiger partial charge in [0.25, 0.3) is 5.69 Å². The van der Waals surface area contributed by atoms with E-state index in [0.29, 0.717) is 5.69 Å². The van der Waals surface area contributed by atoms with Crippen LogP contribution in [0.15, 0.2) is 42.5 Å². The van der Waals surface area contributed by atoms with Crippen LogP contribution in [0.4, 0.5) is 21.5 Å². The molecule has 0 fully saturated rings. The van der Waals surface area contributed by atoms with E-state index in [1.165, 1.54) is 35.2 Å². The molecule has 2 aromatic carbocycles. The highest BCUT2D eigenvalue weighted by molar-refractivity contribution is 5.96. The van der Waals surface area contributed by atoms with E-state index in [0.717, 1.165) is 6.07 Å². The number of carboxylic acid groups (broad SMARTS) is 1. The molecule has 2 aromatic rings. The van der Waals surface area contributed by atoms with Crippen molar-refractivity contribution in [2.45, 2.75) is 0 Å². The molecule has 0 unspecified atom stereocenters. The van der Waals surface area contributed by atoms with Crippen molar-refractivity contribution in [1.29, 1.82) is 0 Å². The van der Waals surface area contributed by atoms with E-state index in [-0.39, 0.29) is 16.9 Å². The van der Waals surface area contributed by atoms with Crippen molar-refractivity contribution in [2.24, 2.45) is 0 Å². The predicted octanol–water partition coefficient (Wildman–Crippen LogP) is 3.20. The number of halogens is 1. The van der Waals surface area contributed by atoms with E-state index in [1.807, 2.05) is 0 Å². The highest BCUT2D eigenvalue weighted by Gasteiger charge is 2.19. The van der Waals surface area contributed by atoms with Gasteiger partial charge in [0, 0.05) is 24.9 Å². The Labute approximate surface area is 119 Å². The number of hydrogen-bond acceptors (Lipinski definition) is 4. The average Bonchev–Trinajstić information content (AvgIpc) is 2.45. The van der Waals surface area contributed by atoms with Crippen molar-refractivity contribution < 1.29 is 19.2 Å². The number of hydrogen-bond donors (Lipinski definition) is 1. The van der Waals surface area contributed by atoms with Gasteiger partial charge in [-0.05, 0) is 24.3 Å². The molecule has 0 amide bonds. The summed E-state index contributed by atoms with van der Waals surface area (Å²) in [5.41, 5.74) is 0.129. The Morgan fingerprint density at radius 2 is 2.00 bits per heavy atom. The third-order valence-corrected chi connectivity index (χ3v) is 2.98. The monoisotopic (exact) mass is 290 g/mol. The Balaban J connectivity index is 2.52. The third kappa shape index (κ3) is 2.97. The molecule has 0 radical (unpaired) electrons. The number of anilines is 2. The van der Waals surface area contributed by atoms with Crippen LogP contribution in [0, 0.1) is 15.9 Å². The van der Waals surface area contributed by atoms with Gasteiger partial charge >= 0.3 is 5.97 Å². The lowest BCUT2D eigenvalue weighted by molar-refractivity contribution is -0.384. The van der Waals surface area contributed by atoms with Crippen molar-refractivity contribution in [1.82, 2.24) is 0 Å². The molecule has 21 heavy (non-hydrogen) atoms. The molecule has 0 atom stereocenters. The van der Waals surface area contributed by atoms with E-state index in [2.05, 4.69) is 0 Å². The third-order valence-electron chi connectivity index (χ3n) is 2.98. The van der Waals surface area contributed by atoms with Crippen LogP contribution in [0.3, 0.4) is 0 Å². The smallest absolute Gasteiger partial charge is 0.338 e. The maximum atomic E-state index is 13.2. The number of carbonyl (C=O) groups is 1. The van der Waals surface area contributed by atoms with Gasteiger partial charge in [-0.2, -0.15) is 0 Å². The van der Waals surface area contributed by atoms with Crippen LogP contribution in [0.2, 0.25) is 0 Å². The number of nitro benzene ring substituents is 1. The summed E-state index contributed by atoms with van der Waals surface area (Å²) in [7, 11) is 1.56. The van der Waals surface area contributed by atoms with Gasteiger partial charge in [0.05, 0.1) is 16.2 Å². The molecule has 0 heterocycles. The second-order valence-electron chi connectivity index (χ2n) is 4.30. The zero-order valence-corrected chi connectivity index (χ0v) is 11.0. The van der Waals surface area contributed by atoms with Gasteiger partial charge in [-0.25, -0.2) is 9.18 Å². The summed E-state index contributed by atoms with van der Waals surface area (Å²) in [5, 5.41) is 19.9. The molecule has 6 nitrogen and oxygen atoms in total. The standard InChI is InChI=1S/C14H11FN2O4/c1-16(10-4-2-3-9(15)7-10)13-6-5-11(17(20)21)8-12(13)14(18)19/h2-8H,1H3,(H,18,19). The minimum absolute atomic E-state index is 0.226. The fourth-order valence-corrected chi connectivity index (χ4v) is 1.93. The molecule has 7 heteroatoms. The zero-order valence-electron chi connectivity index (χ0n) is 11.0. The number of nitrogens with zero attached hydrogens (tertiary/aromatic N) is 2. The normalized spacial score (nSPS) is 10.2. The Kier molecular flexibility index (Phi) is 3.84. The first-order valence-corrected chi connectivity index (χ1v) is 5.91. The SMILES string of the molecule is CN(c1cccc(F)c1)c1ccc([N+](=O)[O-])cc1C(=O)O. The Bertz CT molecular complexity index is 718. The molecule has 0 aliphatic heterocycles. The lowest BCUT2D eigenvalue weighted by Crippen LogP contribution is -2.14. The lowest BCUT2D eigenvalue weighted by Gasteiger charge is -2.21. The summed E-state index contributed by atoms with van der Waals surface area (Å²) in [6, 6.07) is 9.12. The van der Waals surface area contributed by atoms with Gasteiger partial charge in [0.2, 0.25) is 0 Å². The minimum Gasteiger partial charge on any atom is -0.478 e. The fourth-order valence-electron chi connectivity index (χ4n) is 1.93. The van der Waals surface area contributed by atoms with E-state index < -0.39 is 16.7 Å². The number of nitro groups is 1. The lowest BCUT2D eigenvalue weighted by atomic mass is 10.1. The molecule has 0 saturated carbocycles. The zero-order chi connectivity index (χ0) is 15.6. The van der Waals surface area contributed by atoms with Gasteiger partial charge in [0.15, 0.2) is 0 Å². The summed E-state index contributed by atoms with van der Waals surface area (Å²) < 4.78 is 13.2. The first kappa shape index (κ1) is 14.4. The van der Waals surface area contributed by atoms with Crippen LogP contribution in [-0.2, 0) is 0 Å². The van der Waals surface area contributed by atoms with Crippen LogP contribution < -0.4 is 4.90 Å². The molecule has 108 valence electrons.